The second kappa shape index (κ2) is 3.72. The van der Waals surface area contributed by atoms with Crippen LogP contribution in [-0.2, 0) is 6.42 Å². The van der Waals surface area contributed by atoms with E-state index in [0.717, 1.165) is 30.6 Å². The van der Waals surface area contributed by atoms with Crippen LogP contribution in [-0.4, -0.2) is 12.9 Å². The molecule has 0 heterocycles. The van der Waals surface area contributed by atoms with Crippen molar-refractivity contribution in [2.24, 2.45) is 11.3 Å². The Labute approximate surface area is 113 Å². The molecule has 2 heteroatoms. The van der Waals surface area contributed by atoms with Crippen molar-refractivity contribution in [3.63, 3.8) is 0 Å². The number of fused-ring (bicyclic) bond motifs is 4. The average Bonchev–Trinajstić information content (AvgIpc) is 2.99. The quantitative estimate of drug-likeness (QED) is 0.716. The van der Waals surface area contributed by atoms with E-state index in [9.17, 15) is 4.79 Å². The zero-order valence-electron chi connectivity index (χ0n) is 11.2. The van der Waals surface area contributed by atoms with Gasteiger partial charge >= 0.3 is 0 Å². The van der Waals surface area contributed by atoms with Crippen LogP contribution in [0.25, 0.3) is 0 Å². The summed E-state index contributed by atoms with van der Waals surface area (Å²) in [6.45, 7) is 0. The van der Waals surface area contributed by atoms with E-state index in [1.807, 2.05) is 12.1 Å². The lowest BCUT2D eigenvalue weighted by Gasteiger charge is -2.39. The third-order valence-corrected chi connectivity index (χ3v) is 5.32. The molecule has 1 saturated carbocycles. The van der Waals surface area contributed by atoms with Crippen molar-refractivity contribution < 1.29 is 9.53 Å². The predicted octanol–water partition coefficient (Wildman–Crippen LogP) is 3.55. The van der Waals surface area contributed by atoms with E-state index in [0.29, 0.717) is 11.7 Å². The van der Waals surface area contributed by atoms with Crippen LogP contribution in [0.1, 0.15) is 41.6 Å². The lowest BCUT2D eigenvalue weighted by atomic mass is 9.63. The van der Waals surface area contributed by atoms with Gasteiger partial charge in [-0.2, -0.15) is 0 Å². The number of benzene rings is 1. The van der Waals surface area contributed by atoms with Gasteiger partial charge < -0.3 is 4.74 Å². The molecule has 3 aliphatic rings. The number of rotatable bonds is 1. The fraction of sp³-hybridized carbons (Fsp3) is 0.471. The molecular weight excluding hydrogens is 236 g/mol. The van der Waals surface area contributed by atoms with Gasteiger partial charge in [0.05, 0.1) is 7.11 Å². The van der Waals surface area contributed by atoms with Crippen molar-refractivity contribution in [3.8, 4) is 5.75 Å². The Morgan fingerprint density at radius 3 is 2.84 bits per heavy atom. The topological polar surface area (TPSA) is 26.3 Å². The third-order valence-electron chi connectivity index (χ3n) is 5.32. The smallest absolute Gasteiger partial charge is 0.163 e. The fourth-order valence-electron chi connectivity index (χ4n) is 4.37. The number of carbonyl (C=O) groups is 1. The number of carbonyl (C=O) groups excluding carboxylic acids is 1. The van der Waals surface area contributed by atoms with Crippen molar-refractivity contribution in [1.29, 1.82) is 0 Å². The SMILES string of the molecule is COc1ccc2c(c1)C(=O)CC1(CC3=CCC1C3)C2. The van der Waals surface area contributed by atoms with Crippen LogP contribution < -0.4 is 4.74 Å². The van der Waals surface area contributed by atoms with Gasteiger partial charge in [-0.3, -0.25) is 4.79 Å². The molecule has 0 radical (unpaired) electrons. The lowest BCUT2D eigenvalue weighted by Crippen LogP contribution is -2.36. The lowest BCUT2D eigenvalue weighted by molar-refractivity contribution is 0.0823. The Morgan fingerprint density at radius 2 is 2.16 bits per heavy atom. The maximum atomic E-state index is 12.5. The Kier molecular flexibility index (Phi) is 2.21. The molecule has 0 aromatic heterocycles. The monoisotopic (exact) mass is 254 g/mol. The van der Waals surface area contributed by atoms with Crippen molar-refractivity contribution in [1.82, 2.24) is 0 Å². The van der Waals surface area contributed by atoms with Gasteiger partial charge in [0.1, 0.15) is 5.75 Å². The summed E-state index contributed by atoms with van der Waals surface area (Å²) in [5.74, 6) is 1.81. The molecule has 0 N–H and O–H groups in total. The van der Waals surface area contributed by atoms with Crippen LogP contribution in [0, 0.1) is 11.3 Å². The normalized spacial score (nSPS) is 31.5. The van der Waals surface area contributed by atoms with Gasteiger partial charge in [-0.15, -0.1) is 0 Å². The minimum absolute atomic E-state index is 0.239. The highest BCUT2D eigenvalue weighted by atomic mass is 16.5. The van der Waals surface area contributed by atoms with Crippen molar-refractivity contribution in [2.75, 3.05) is 7.11 Å². The molecule has 0 amide bonds. The highest BCUT2D eigenvalue weighted by Crippen LogP contribution is 2.58. The first-order chi connectivity index (χ1) is 9.20. The second-order valence-corrected chi connectivity index (χ2v) is 6.34. The molecule has 1 fully saturated rings. The highest BCUT2D eigenvalue weighted by Gasteiger charge is 2.50. The van der Waals surface area contributed by atoms with Crippen LogP contribution in [0.15, 0.2) is 29.8 Å². The summed E-state index contributed by atoms with van der Waals surface area (Å²) in [6, 6.07) is 5.99. The van der Waals surface area contributed by atoms with Gasteiger partial charge in [0.25, 0.3) is 0 Å². The summed E-state index contributed by atoms with van der Waals surface area (Å²) in [5.41, 5.74) is 3.95. The molecule has 1 spiro atoms. The molecule has 2 bridgehead atoms. The Balaban J connectivity index is 1.75. The molecule has 4 rings (SSSR count). The number of allylic oxidation sites excluding steroid dienone is 2. The Bertz CT molecular complexity index is 599. The molecule has 98 valence electrons. The molecule has 1 aromatic rings. The van der Waals surface area contributed by atoms with E-state index < -0.39 is 0 Å². The van der Waals surface area contributed by atoms with Crippen LogP contribution >= 0.6 is 0 Å². The van der Waals surface area contributed by atoms with Crippen molar-refractivity contribution >= 4 is 5.78 Å². The summed E-state index contributed by atoms with van der Waals surface area (Å²) >= 11 is 0. The maximum Gasteiger partial charge on any atom is 0.163 e. The summed E-state index contributed by atoms with van der Waals surface area (Å²) in [4.78, 5) is 12.5. The summed E-state index contributed by atoms with van der Waals surface area (Å²) in [7, 11) is 1.65. The van der Waals surface area contributed by atoms with Gasteiger partial charge in [-0.1, -0.05) is 17.7 Å². The number of hydrogen-bond acceptors (Lipinski definition) is 2. The number of ether oxygens (including phenoxy) is 1. The van der Waals surface area contributed by atoms with E-state index in [1.165, 1.54) is 18.4 Å². The minimum atomic E-state index is 0.239. The van der Waals surface area contributed by atoms with Crippen LogP contribution in [0.4, 0.5) is 0 Å². The van der Waals surface area contributed by atoms with Crippen LogP contribution in [0.5, 0.6) is 5.75 Å². The molecule has 19 heavy (non-hydrogen) atoms. The van der Waals surface area contributed by atoms with Crippen LogP contribution in [0.3, 0.4) is 0 Å². The number of methoxy groups -OCH3 is 1. The molecule has 0 saturated heterocycles. The highest BCUT2D eigenvalue weighted by molar-refractivity contribution is 5.99. The molecule has 3 aliphatic carbocycles. The molecule has 1 aromatic carbocycles. The molecule has 2 nitrogen and oxygen atoms in total. The van der Waals surface area contributed by atoms with E-state index in [2.05, 4.69) is 12.1 Å². The average molecular weight is 254 g/mol. The van der Waals surface area contributed by atoms with Gasteiger partial charge in [0.2, 0.25) is 0 Å². The number of hydrogen-bond donors (Lipinski definition) is 0. The summed E-state index contributed by atoms with van der Waals surface area (Å²) < 4.78 is 5.23. The minimum Gasteiger partial charge on any atom is -0.497 e. The number of ketones is 1. The molecular formula is C17H18O2. The second-order valence-electron chi connectivity index (χ2n) is 6.34. The summed E-state index contributed by atoms with van der Waals surface area (Å²) in [6.07, 6.45) is 7.76. The van der Waals surface area contributed by atoms with Crippen molar-refractivity contribution in [3.05, 3.63) is 41.0 Å². The Hall–Kier alpha value is -1.57. The zero-order chi connectivity index (χ0) is 13.0. The third kappa shape index (κ3) is 1.52. The first kappa shape index (κ1) is 11.3. The van der Waals surface area contributed by atoms with Gasteiger partial charge in [-0.25, -0.2) is 0 Å². The van der Waals surface area contributed by atoms with E-state index in [-0.39, 0.29) is 5.41 Å². The van der Waals surface area contributed by atoms with Crippen LogP contribution in [0.2, 0.25) is 0 Å². The van der Waals surface area contributed by atoms with E-state index >= 15 is 0 Å². The zero-order valence-corrected chi connectivity index (χ0v) is 11.2. The van der Waals surface area contributed by atoms with E-state index in [1.54, 1.807) is 12.7 Å². The first-order valence-corrected chi connectivity index (χ1v) is 7.08. The predicted molar refractivity (Wildman–Crippen MR) is 73.5 cm³/mol. The first-order valence-electron chi connectivity index (χ1n) is 7.08. The van der Waals surface area contributed by atoms with E-state index in [4.69, 9.17) is 4.74 Å². The molecule has 2 unspecified atom stereocenters. The largest absolute Gasteiger partial charge is 0.497 e. The van der Waals surface area contributed by atoms with Gasteiger partial charge in [0, 0.05) is 12.0 Å². The maximum absolute atomic E-state index is 12.5. The summed E-state index contributed by atoms with van der Waals surface area (Å²) in [5, 5.41) is 0. The Morgan fingerprint density at radius 1 is 1.26 bits per heavy atom. The van der Waals surface area contributed by atoms with Gasteiger partial charge in [0.15, 0.2) is 5.78 Å². The number of Topliss-reactive ketones (excluding diaryl/α,β-unsaturated/α-hetero) is 1. The standard InChI is InChI=1S/C17H18O2/c1-19-14-5-3-12-9-17(10-16(18)15(12)7-14)8-11-2-4-13(17)6-11/h2-3,5,7,13H,4,6,8-10H2,1H3. The molecule has 2 atom stereocenters. The molecule has 0 aliphatic heterocycles. The van der Waals surface area contributed by atoms with Crippen molar-refractivity contribution in [2.45, 2.75) is 32.1 Å². The fourth-order valence-corrected chi connectivity index (χ4v) is 4.37. The van der Waals surface area contributed by atoms with Gasteiger partial charge in [-0.05, 0) is 54.7 Å².